The summed E-state index contributed by atoms with van der Waals surface area (Å²) in [5.74, 6) is 1.37. The van der Waals surface area contributed by atoms with E-state index in [4.69, 9.17) is 4.74 Å². The van der Waals surface area contributed by atoms with Crippen molar-refractivity contribution in [2.24, 2.45) is 0 Å². The maximum atomic E-state index is 11.4. The first kappa shape index (κ1) is 12.1. The number of rotatable bonds is 3. The smallest absolute Gasteiger partial charge is 0.252 e. The Balaban J connectivity index is 2.13. The van der Waals surface area contributed by atoms with Crippen LogP contribution in [0.4, 0.5) is 5.82 Å². The summed E-state index contributed by atoms with van der Waals surface area (Å²) in [5, 5.41) is 3.09. The van der Waals surface area contributed by atoms with Crippen molar-refractivity contribution in [3.05, 3.63) is 22.2 Å². The van der Waals surface area contributed by atoms with Crippen LogP contribution in [-0.4, -0.2) is 49.4 Å². The van der Waals surface area contributed by atoms with Crippen molar-refractivity contribution < 1.29 is 4.74 Å². The number of aromatic amines is 1. The van der Waals surface area contributed by atoms with Crippen LogP contribution in [0.3, 0.4) is 0 Å². The van der Waals surface area contributed by atoms with Crippen LogP contribution in [0.15, 0.2) is 10.9 Å². The number of hydrogen-bond acceptors (Lipinski definition) is 5. The average Bonchev–Trinajstić information content (AvgIpc) is 2.28. The summed E-state index contributed by atoms with van der Waals surface area (Å²) < 4.78 is 5.61. The minimum Gasteiger partial charge on any atom is -0.373 e. The molecule has 1 aliphatic heterocycles. The number of aromatic nitrogens is 2. The lowest BCUT2D eigenvalue weighted by atomic mass is 10.2. The molecule has 1 saturated heterocycles. The lowest BCUT2D eigenvalue weighted by molar-refractivity contribution is 0.0419. The van der Waals surface area contributed by atoms with Gasteiger partial charge in [-0.15, -0.1) is 0 Å². The van der Waals surface area contributed by atoms with Gasteiger partial charge in [0.15, 0.2) is 0 Å². The summed E-state index contributed by atoms with van der Waals surface area (Å²) in [4.78, 5) is 20.5. The van der Waals surface area contributed by atoms with E-state index in [0.29, 0.717) is 12.4 Å². The molecule has 0 saturated carbocycles. The quantitative estimate of drug-likeness (QED) is 0.743. The van der Waals surface area contributed by atoms with E-state index in [2.05, 4.69) is 20.2 Å². The van der Waals surface area contributed by atoms with Crippen LogP contribution in [0, 0.1) is 6.92 Å². The molecule has 94 valence electrons. The molecule has 17 heavy (non-hydrogen) atoms. The first-order valence-corrected chi connectivity index (χ1v) is 5.78. The Bertz CT molecular complexity index is 430. The molecule has 0 bridgehead atoms. The van der Waals surface area contributed by atoms with Gasteiger partial charge in [-0.25, -0.2) is 4.98 Å². The molecule has 6 heteroatoms. The minimum absolute atomic E-state index is 0.107. The van der Waals surface area contributed by atoms with E-state index in [-0.39, 0.29) is 11.7 Å². The Hall–Kier alpha value is -1.40. The highest BCUT2D eigenvalue weighted by atomic mass is 16.5. The van der Waals surface area contributed by atoms with Gasteiger partial charge in [-0.3, -0.25) is 4.79 Å². The molecule has 0 radical (unpaired) electrons. The monoisotopic (exact) mass is 238 g/mol. The van der Waals surface area contributed by atoms with E-state index in [1.807, 2.05) is 7.05 Å². The molecule has 1 aromatic heterocycles. The third-order valence-electron chi connectivity index (χ3n) is 2.74. The first-order valence-electron chi connectivity index (χ1n) is 5.78. The fourth-order valence-corrected chi connectivity index (χ4v) is 2.00. The summed E-state index contributed by atoms with van der Waals surface area (Å²) in [5.41, 5.74) is -0.107. The van der Waals surface area contributed by atoms with E-state index >= 15 is 0 Å². The molecule has 2 heterocycles. The highest BCUT2D eigenvalue weighted by Gasteiger charge is 2.21. The molecule has 1 aliphatic rings. The van der Waals surface area contributed by atoms with Crippen molar-refractivity contribution in [3.8, 4) is 0 Å². The number of nitrogens with zero attached hydrogens (tertiary/aromatic N) is 2. The van der Waals surface area contributed by atoms with Crippen LogP contribution < -0.4 is 15.8 Å². The largest absolute Gasteiger partial charge is 0.373 e. The van der Waals surface area contributed by atoms with Crippen molar-refractivity contribution in [1.29, 1.82) is 0 Å². The highest BCUT2D eigenvalue weighted by Crippen LogP contribution is 2.13. The predicted octanol–water partition coefficient (Wildman–Crippen LogP) is -0.497. The third-order valence-corrected chi connectivity index (χ3v) is 2.74. The van der Waals surface area contributed by atoms with Crippen molar-refractivity contribution in [2.45, 2.75) is 13.0 Å². The van der Waals surface area contributed by atoms with Crippen LogP contribution in [0.2, 0.25) is 0 Å². The molecule has 0 aromatic carbocycles. The van der Waals surface area contributed by atoms with E-state index in [1.54, 1.807) is 6.92 Å². The summed E-state index contributed by atoms with van der Waals surface area (Å²) in [6, 6.07) is 1.54. The number of aryl methyl sites for hydroxylation is 1. The maximum Gasteiger partial charge on any atom is 0.252 e. The minimum atomic E-state index is -0.107. The second kappa shape index (κ2) is 5.29. The highest BCUT2D eigenvalue weighted by molar-refractivity contribution is 5.38. The number of ether oxygens (including phenoxy) is 1. The summed E-state index contributed by atoms with van der Waals surface area (Å²) >= 11 is 0. The van der Waals surface area contributed by atoms with Gasteiger partial charge in [0.2, 0.25) is 0 Å². The Morgan fingerprint density at radius 3 is 3.24 bits per heavy atom. The van der Waals surface area contributed by atoms with Crippen molar-refractivity contribution in [1.82, 2.24) is 15.3 Å². The molecule has 1 fully saturated rings. The molecule has 6 nitrogen and oxygen atoms in total. The van der Waals surface area contributed by atoms with Gasteiger partial charge in [0.1, 0.15) is 11.6 Å². The van der Waals surface area contributed by atoms with Gasteiger partial charge in [0, 0.05) is 25.7 Å². The molecule has 0 spiro atoms. The van der Waals surface area contributed by atoms with Gasteiger partial charge in [0.25, 0.3) is 5.56 Å². The normalized spacial score (nSPS) is 20.6. The topological polar surface area (TPSA) is 70.2 Å². The van der Waals surface area contributed by atoms with Gasteiger partial charge < -0.3 is 19.9 Å². The average molecular weight is 238 g/mol. The lowest BCUT2D eigenvalue weighted by Gasteiger charge is -2.33. The van der Waals surface area contributed by atoms with Crippen LogP contribution in [-0.2, 0) is 4.74 Å². The molecule has 2 N–H and O–H groups in total. The number of anilines is 1. The van der Waals surface area contributed by atoms with E-state index < -0.39 is 0 Å². The van der Waals surface area contributed by atoms with Gasteiger partial charge >= 0.3 is 0 Å². The number of hydrogen-bond donors (Lipinski definition) is 2. The number of nitrogens with one attached hydrogen (secondary N) is 2. The van der Waals surface area contributed by atoms with Crippen LogP contribution >= 0.6 is 0 Å². The van der Waals surface area contributed by atoms with Crippen LogP contribution in [0.5, 0.6) is 0 Å². The number of likely N-dealkylation sites (N-methyl/N-ethyl adjacent to an activating group) is 1. The van der Waals surface area contributed by atoms with E-state index in [1.165, 1.54) is 6.07 Å². The maximum absolute atomic E-state index is 11.4. The zero-order chi connectivity index (χ0) is 12.3. The van der Waals surface area contributed by atoms with Gasteiger partial charge in [-0.2, -0.15) is 0 Å². The fraction of sp³-hybridized carbons (Fsp3) is 0.636. The van der Waals surface area contributed by atoms with Crippen molar-refractivity contribution in [3.63, 3.8) is 0 Å². The van der Waals surface area contributed by atoms with E-state index in [9.17, 15) is 4.79 Å². The number of H-pyrrole nitrogens is 1. The Morgan fingerprint density at radius 1 is 1.71 bits per heavy atom. The molecular weight excluding hydrogens is 220 g/mol. The lowest BCUT2D eigenvalue weighted by Crippen LogP contribution is -2.46. The molecule has 0 aliphatic carbocycles. The Kier molecular flexibility index (Phi) is 3.75. The van der Waals surface area contributed by atoms with Crippen molar-refractivity contribution in [2.75, 3.05) is 38.2 Å². The molecule has 1 aromatic rings. The fourth-order valence-electron chi connectivity index (χ4n) is 2.00. The SMILES string of the molecule is CNCC1CN(c2cc(=O)[nH]c(C)n2)CCO1. The zero-order valence-corrected chi connectivity index (χ0v) is 10.2. The Labute approximate surface area is 100 Å². The van der Waals surface area contributed by atoms with Crippen molar-refractivity contribution >= 4 is 5.82 Å². The molecule has 2 rings (SSSR count). The van der Waals surface area contributed by atoms with Gasteiger partial charge in [-0.05, 0) is 14.0 Å². The predicted molar refractivity (Wildman–Crippen MR) is 65.5 cm³/mol. The standard InChI is InChI=1S/C11H18N4O2/c1-8-13-10(5-11(16)14-8)15-3-4-17-9(7-15)6-12-2/h5,9,12H,3-4,6-7H2,1-2H3,(H,13,14,16). The molecular formula is C11H18N4O2. The van der Waals surface area contributed by atoms with Crippen LogP contribution in [0.1, 0.15) is 5.82 Å². The van der Waals surface area contributed by atoms with Crippen LogP contribution in [0.25, 0.3) is 0 Å². The number of morpholine rings is 1. The first-order chi connectivity index (χ1) is 8.19. The van der Waals surface area contributed by atoms with Gasteiger partial charge in [0.05, 0.1) is 12.7 Å². The second-order valence-corrected chi connectivity index (χ2v) is 4.19. The van der Waals surface area contributed by atoms with E-state index in [0.717, 1.165) is 25.5 Å². The Morgan fingerprint density at radius 2 is 2.53 bits per heavy atom. The summed E-state index contributed by atoms with van der Waals surface area (Å²) in [6.45, 7) is 4.79. The second-order valence-electron chi connectivity index (χ2n) is 4.19. The third kappa shape index (κ3) is 3.04. The molecule has 0 amide bonds. The summed E-state index contributed by atoms with van der Waals surface area (Å²) in [6.07, 6.45) is 0.148. The zero-order valence-electron chi connectivity index (χ0n) is 10.2. The molecule has 1 atom stereocenters. The molecule has 1 unspecified atom stereocenters. The van der Waals surface area contributed by atoms with Gasteiger partial charge in [-0.1, -0.05) is 0 Å². The summed E-state index contributed by atoms with van der Waals surface area (Å²) in [7, 11) is 1.90.